The predicted octanol–water partition coefficient (Wildman–Crippen LogP) is 1.08. The molecule has 106 valence electrons. The molecule has 0 aromatic heterocycles. The number of hydrogen-bond donors (Lipinski definition) is 1. The van der Waals surface area contributed by atoms with Crippen molar-refractivity contribution in [3.05, 3.63) is 29.3 Å². The highest BCUT2D eigenvalue weighted by molar-refractivity contribution is 7.81. The van der Waals surface area contributed by atoms with Crippen LogP contribution >= 0.6 is 0 Å². The van der Waals surface area contributed by atoms with E-state index < -0.39 is 28.4 Å². The van der Waals surface area contributed by atoms with Gasteiger partial charge < -0.3 is 5.11 Å². The maximum atomic E-state index is 13.2. The van der Waals surface area contributed by atoms with Crippen molar-refractivity contribution in [3.8, 4) is 5.75 Å². The van der Waals surface area contributed by atoms with Crippen molar-refractivity contribution in [2.24, 2.45) is 0 Å². The van der Waals surface area contributed by atoms with Crippen molar-refractivity contribution in [3.63, 3.8) is 0 Å². The van der Waals surface area contributed by atoms with Gasteiger partial charge in [0.05, 0.1) is 11.0 Å². The summed E-state index contributed by atoms with van der Waals surface area (Å²) in [4.78, 5) is 2.04. The zero-order chi connectivity index (χ0) is 14.0. The van der Waals surface area contributed by atoms with E-state index >= 15 is 0 Å². The molecule has 7 heteroatoms. The summed E-state index contributed by atoms with van der Waals surface area (Å²) in [5, 5.41) is 9.03. The molecule has 19 heavy (non-hydrogen) atoms. The van der Waals surface area contributed by atoms with Crippen molar-refractivity contribution in [2.75, 3.05) is 32.4 Å². The molecule has 2 rings (SSSR count). The van der Waals surface area contributed by atoms with Gasteiger partial charge in [-0.3, -0.25) is 4.90 Å². The molecular formula is C12H16F2N2O2S. The van der Waals surface area contributed by atoms with Crippen LogP contribution in [0.2, 0.25) is 0 Å². The van der Waals surface area contributed by atoms with Crippen LogP contribution in [0, 0.1) is 11.6 Å². The first kappa shape index (κ1) is 14.4. The minimum atomic E-state index is -0.970. The van der Waals surface area contributed by atoms with Gasteiger partial charge in [-0.2, -0.15) is 0 Å². The second-order valence-electron chi connectivity index (χ2n) is 4.54. The molecule has 1 atom stereocenters. The molecule has 1 aromatic rings. The second-order valence-corrected chi connectivity index (χ2v) is 5.90. The number of hydrogen-bond acceptors (Lipinski definition) is 3. The van der Waals surface area contributed by atoms with Crippen molar-refractivity contribution in [2.45, 2.75) is 6.54 Å². The lowest BCUT2D eigenvalue weighted by atomic mass is 10.1. The Balaban J connectivity index is 1.98. The molecule has 1 fully saturated rings. The molecule has 1 unspecified atom stereocenters. The van der Waals surface area contributed by atoms with Gasteiger partial charge in [-0.25, -0.2) is 17.3 Å². The van der Waals surface area contributed by atoms with Crippen LogP contribution in [0.15, 0.2) is 12.1 Å². The van der Waals surface area contributed by atoms with E-state index in [9.17, 15) is 13.0 Å². The van der Waals surface area contributed by atoms with E-state index in [1.807, 2.05) is 9.21 Å². The van der Waals surface area contributed by atoms with E-state index in [1.165, 1.54) is 0 Å². The molecule has 4 nitrogen and oxygen atoms in total. The summed E-state index contributed by atoms with van der Waals surface area (Å²) < 4.78 is 39.5. The summed E-state index contributed by atoms with van der Waals surface area (Å²) in [7, 11) is -0.970. The Kier molecular flexibility index (Phi) is 4.49. The zero-order valence-corrected chi connectivity index (χ0v) is 11.4. The van der Waals surface area contributed by atoms with Gasteiger partial charge in [0.15, 0.2) is 17.4 Å². The molecule has 0 bridgehead atoms. The van der Waals surface area contributed by atoms with Crippen LogP contribution < -0.4 is 0 Å². The molecular weight excluding hydrogens is 274 g/mol. The molecule has 1 heterocycles. The van der Waals surface area contributed by atoms with Crippen LogP contribution in [0.25, 0.3) is 0 Å². The molecule has 1 aromatic carbocycles. The van der Waals surface area contributed by atoms with Crippen LogP contribution in [0.4, 0.5) is 8.78 Å². The van der Waals surface area contributed by atoms with Gasteiger partial charge in [0.25, 0.3) is 0 Å². The van der Waals surface area contributed by atoms with Gasteiger partial charge in [0, 0.05) is 39.0 Å². The first-order valence-corrected chi connectivity index (χ1v) is 7.46. The van der Waals surface area contributed by atoms with E-state index in [0.717, 1.165) is 12.1 Å². The third kappa shape index (κ3) is 3.49. The minimum absolute atomic E-state index is 0.415. The molecule has 0 saturated carbocycles. The highest BCUT2D eigenvalue weighted by Gasteiger charge is 2.19. The van der Waals surface area contributed by atoms with Crippen LogP contribution in [0.3, 0.4) is 0 Å². The van der Waals surface area contributed by atoms with Crippen LogP contribution in [0.1, 0.15) is 5.56 Å². The van der Waals surface area contributed by atoms with Crippen molar-refractivity contribution < 1.29 is 18.1 Å². The number of aromatic hydroxyl groups is 1. The maximum absolute atomic E-state index is 13.2. The maximum Gasteiger partial charge on any atom is 0.187 e. The number of nitrogens with zero attached hydrogens (tertiary/aromatic N) is 2. The van der Waals surface area contributed by atoms with E-state index in [4.69, 9.17) is 5.11 Å². The van der Waals surface area contributed by atoms with Crippen LogP contribution in [0.5, 0.6) is 5.75 Å². The highest BCUT2D eigenvalue weighted by Crippen LogP contribution is 2.22. The number of phenolic OH excluding ortho intramolecular Hbond substituents is 1. The minimum Gasteiger partial charge on any atom is -0.503 e. The quantitative estimate of drug-likeness (QED) is 0.906. The Morgan fingerprint density at radius 2 is 1.74 bits per heavy atom. The Bertz CT molecular complexity index is 468. The monoisotopic (exact) mass is 290 g/mol. The fourth-order valence-corrected chi connectivity index (χ4v) is 2.79. The van der Waals surface area contributed by atoms with Gasteiger partial charge in [0.1, 0.15) is 0 Å². The summed E-state index contributed by atoms with van der Waals surface area (Å²) >= 11 is 0. The molecule has 0 radical (unpaired) electrons. The Morgan fingerprint density at radius 1 is 1.21 bits per heavy atom. The first-order valence-electron chi connectivity index (χ1n) is 5.95. The van der Waals surface area contributed by atoms with Crippen molar-refractivity contribution in [1.29, 1.82) is 0 Å². The average Bonchev–Trinajstić information content (AvgIpc) is 2.36. The fraction of sp³-hybridized carbons (Fsp3) is 0.500. The van der Waals surface area contributed by atoms with E-state index in [1.54, 1.807) is 6.26 Å². The molecule has 1 N–H and O–H groups in total. The third-order valence-electron chi connectivity index (χ3n) is 3.18. The number of piperazine rings is 1. The lowest BCUT2D eigenvalue weighted by Crippen LogP contribution is -2.46. The van der Waals surface area contributed by atoms with Gasteiger partial charge in [-0.15, -0.1) is 0 Å². The smallest absolute Gasteiger partial charge is 0.187 e. The number of benzene rings is 1. The first-order chi connectivity index (χ1) is 8.97. The predicted molar refractivity (Wildman–Crippen MR) is 68.9 cm³/mol. The Morgan fingerprint density at radius 3 is 2.21 bits per heavy atom. The number of rotatable bonds is 3. The highest BCUT2D eigenvalue weighted by atomic mass is 32.2. The molecule has 1 aliphatic heterocycles. The average molecular weight is 290 g/mol. The molecule has 1 aliphatic rings. The van der Waals surface area contributed by atoms with Gasteiger partial charge in [-0.05, 0) is 17.7 Å². The number of halogens is 2. The Hall–Kier alpha value is -1.05. The van der Waals surface area contributed by atoms with E-state index in [0.29, 0.717) is 38.3 Å². The summed E-state index contributed by atoms with van der Waals surface area (Å²) in [5.74, 6) is -2.82. The summed E-state index contributed by atoms with van der Waals surface area (Å²) in [6.45, 7) is 3.16. The lowest BCUT2D eigenvalue weighted by Gasteiger charge is -2.33. The zero-order valence-electron chi connectivity index (χ0n) is 10.6. The second kappa shape index (κ2) is 5.94. The van der Waals surface area contributed by atoms with Crippen molar-refractivity contribution in [1.82, 2.24) is 9.21 Å². The number of phenols is 1. The molecule has 1 saturated heterocycles. The summed E-state index contributed by atoms with van der Waals surface area (Å²) in [6.07, 6.45) is 1.64. The topological polar surface area (TPSA) is 43.8 Å². The standard InChI is InChI=1S/C12H16F2N2O2S/c1-19(18)16-4-2-15(3-5-16)8-9-6-10(13)12(17)11(14)7-9/h6-7,17H,2-5,8H2,1H3. The molecule has 0 spiro atoms. The summed E-state index contributed by atoms with van der Waals surface area (Å²) in [6, 6.07) is 2.28. The van der Waals surface area contributed by atoms with Crippen LogP contribution in [-0.4, -0.2) is 51.0 Å². The van der Waals surface area contributed by atoms with Gasteiger partial charge in [-0.1, -0.05) is 0 Å². The lowest BCUT2D eigenvalue weighted by molar-refractivity contribution is 0.185. The largest absolute Gasteiger partial charge is 0.503 e. The van der Waals surface area contributed by atoms with Crippen LogP contribution in [-0.2, 0) is 17.5 Å². The Labute approximate surface area is 113 Å². The molecule has 0 aliphatic carbocycles. The summed E-state index contributed by atoms with van der Waals surface area (Å²) in [5.41, 5.74) is 0.485. The molecule has 0 amide bonds. The third-order valence-corrected chi connectivity index (χ3v) is 4.27. The van der Waals surface area contributed by atoms with E-state index in [-0.39, 0.29) is 0 Å². The van der Waals surface area contributed by atoms with Gasteiger partial charge >= 0.3 is 0 Å². The fourth-order valence-electron chi connectivity index (χ4n) is 2.11. The van der Waals surface area contributed by atoms with E-state index in [2.05, 4.69) is 0 Å². The van der Waals surface area contributed by atoms with Crippen molar-refractivity contribution >= 4 is 11.0 Å². The SMILES string of the molecule is CS(=O)N1CCN(Cc2cc(F)c(O)c(F)c2)CC1. The van der Waals surface area contributed by atoms with Gasteiger partial charge in [0.2, 0.25) is 0 Å². The normalized spacial score (nSPS) is 19.5.